The first kappa shape index (κ1) is 15.6. The smallest absolute Gasteiger partial charge is 0.407 e. The Labute approximate surface area is 120 Å². The summed E-state index contributed by atoms with van der Waals surface area (Å²) in [4.78, 5) is 11.8. The summed E-state index contributed by atoms with van der Waals surface area (Å²) in [5.74, 6) is 0. The van der Waals surface area contributed by atoms with E-state index in [4.69, 9.17) is 4.74 Å². The maximum Gasteiger partial charge on any atom is 0.407 e. The van der Waals surface area contributed by atoms with Crippen molar-refractivity contribution in [2.75, 3.05) is 6.26 Å². The summed E-state index contributed by atoms with van der Waals surface area (Å²) in [6.45, 7) is 5.47. The monoisotopic (exact) mass is 304 g/mol. The molecule has 0 aromatic rings. The molecule has 2 aliphatic rings. The van der Waals surface area contributed by atoms with Gasteiger partial charge in [-0.05, 0) is 46.5 Å². The van der Waals surface area contributed by atoms with Crippen LogP contribution < -0.4 is 5.32 Å². The van der Waals surface area contributed by atoms with Crippen LogP contribution in [-0.4, -0.2) is 48.8 Å². The lowest BCUT2D eigenvalue weighted by Crippen LogP contribution is -2.52. The van der Waals surface area contributed by atoms with Crippen LogP contribution in [0.3, 0.4) is 0 Å². The first-order chi connectivity index (χ1) is 9.06. The minimum atomic E-state index is -3.15. The van der Waals surface area contributed by atoms with Crippen molar-refractivity contribution in [3.8, 4) is 0 Å². The van der Waals surface area contributed by atoms with Crippen LogP contribution in [-0.2, 0) is 14.8 Å². The minimum absolute atomic E-state index is 0.000324. The van der Waals surface area contributed by atoms with Gasteiger partial charge in [0.15, 0.2) is 0 Å². The zero-order valence-electron chi connectivity index (χ0n) is 12.5. The Hall–Kier alpha value is -0.820. The molecule has 3 atom stereocenters. The molecule has 2 saturated heterocycles. The quantitative estimate of drug-likeness (QED) is 0.838. The van der Waals surface area contributed by atoms with Gasteiger partial charge >= 0.3 is 6.09 Å². The molecule has 1 unspecified atom stereocenters. The normalized spacial score (nSPS) is 31.1. The Morgan fingerprint density at radius 2 is 1.70 bits per heavy atom. The molecule has 1 amide bonds. The molecule has 0 aromatic carbocycles. The van der Waals surface area contributed by atoms with Gasteiger partial charge in [0.1, 0.15) is 5.60 Å². The fourth-order valence-corrected chi connectivity index (χ4v) is 4.73. The van der Waals surface area contributed by atoms with Gasteiger partial charge in [0, 0.05) is 18.1 Å². The molecule has 2 rings (SSSR count). The van der Waals surface area contributed by atoms with Gasteiger partial charge in [-0.25, -0.2) is 13.2 Å². The number of ether oxygens (including phenoxy) is 1. The summed E-state index contributed by atoms with van der Waals surface area (Å²) >= 11 is 0. The van der Waals surface area contributed by atoms with Crippen LogP contribution in [0.25, 0.3) is 0 Å². The fraction of sp³-hybridized carbons (Fsp3) is 0.923. The third kappa shape index (κ3) is 3.63. The molecule has 2 bridgehead atoms. The molecule has 6 nitrogen and oxygen atoms in total. The summed E-state index contributed by atoms with van der Waals surface area (Å²) in [5.41, 5.74) is -0.517. The van der Waals surface area contributed by atoms with E-state index in [9.17, 15) is 13.2 Å². The van der Waals surface area contributed by atoms with Crippen molar-refractivity contribution in [3.05, 3.63) is 0 Å². The Morgan fingerprint density at radius 3 is 2.10 bits per heavy atom. The van der Waals surface area contributed by atoms with Gasteiger partial charge in [0.25, 0.3) is 0 Å². The number of rotatable bonds is 2. The average molecular weight is 304 g/mol. The van der Waals surface area contributed by atoms with Gasteiger partial charge in [-0.1, -0.05) is 0 Å². The highest BCUT2D eigenvalue weighted by Gasteiger charge is 2.45. The number of carbonyl (C=O) groups is 1. The summed E-state index contributed by atoms with van der Waals surface area (Å²) < 4.78 is 30.4. The van der Waals surface area contributed by atoms with E-state index in [1.165, 1.54) is 6.26 Å². The van der Waals surface area contributed by atoms with Crippen LogP contribution in [0.5, 0.6) is 0 Å². The molecule has 20 heavy (non-hydrogen) atoms. The lowest BCUT2D eigenvalue weighted by molar-refractivity contribution is 0.0476. The fourth-order valence-electron chi connectivity index (χ4n) is 3.27. The highest BCUT2D eigenvalue weighted by Crippen LogP contribution is 2.37. The first-order valence-corrected chi connectivity index (χ1v) is 8.89. The molecule has 0 aliphatic carbocycles. The SMILES string of the molecule is CC(C)(C)OC(=O)NC1C[C@H]2CC[C@@H](C1)N2S(C)(=O)=O. The molecule has 1 N–H and O–H groups in total. The highest BCUT2D eigenvalue weighted by atomic mass is 32.2. The van der Waals surface area contributed by atoms with Crippen LogP contribution in [0.4, 0.5) is 4.79 Å². The molecule has 0 radical (unpaired) electrons. The third-order valence-electron chi connectivity index (χ3n) is 3.77. The molecular weight excluding hydrogens is 280 g/mol. The molecule has 2 fully saturated rings. The summed E-state index contributed by atoms with van der Waals surface area (Å²) in [6, 6.07) is 0.0349. The topological polar surface area (TPSA) is 75.7 Å². The second-order valence-corrected chi connectivity index (χ2v) is 8.68. The third-order valence-corrected chi connectivity index (χ3v) is 5.13. The van der Waals surface area contributed by atoms with Crippen LogP contribution in [0.15, 0.2) is 0 Å². The molecule has 2 heterocycles. The maximum atomic E-state index is 11.8. The van der Waals surface area contributed by atoms with Gasteiger partial charge in [0.2, 0.25) is 10.0 Å². The molecule has 2 aliphatic heterocycles. The number of sulfonamides is 1. The number of hydrogen-bond donors (Lipinski definition) is 1. The van der Waals surface area contributed by atoms with E-state index in [-0.39, 0.29) is 18.1 Å². The van der Waals surface area contributed by atoms with Gasteiger partial charge in [0.05, 0.1) is 6.26 Å². The molecule has 7 heteroatoms. The van der Waals surface area contributed by atoms with Crippen molar-refractivity contribution in [2.24, 2.45) is 0 Å². The summed E-state index contributed by atoms with van der Waals surface area (Å²) in [7, 11) is -3.15. The van der Waals surface area contributed by atoms with Crippen LogP contribution in [0.2, 0.25) is 0 Å². The number of nitrogens with one attached hydrogen (secondary N) is 1. The standard InChI is InChI=1S/C13H24N2O4S/c1-13(2,3)19-12(16)14-9-7-10-5-6-11(8-9)15(10)20(4,17)18/h9-11H,5-8H2,1-4H3,(H,14,16)/t9?,10-,11+. The van der Waals surface area contributed by atoms with Crippen LogP contribution in [0.1, 0.15) is 46.5 Å². The highest BCUT2D eigenvalue weighted by molar-refractivity contribution is 7.88. The van der Waals surface area contributed by atoms with E-state index in [0.29, 0.717) is 12.8 Å². The second kappa shape index (κ2) is 5.18. The number of fused-ring (bicyclic) bond motifs is 2. The molecular formula is C13H24N2O4S. The second-order valence-electron chi connectivity index (χ2n) is 6.79. The van der Waals surface area contributed by atoms with Crippen molar-refractivity contribution in [1.82, 2.24) is 9.62 Å². The van der Waals surface area contributed by atoms with Gasteiger partial charge < -0.3 is 10.1 Å². The number of amides is 1. The lowest BCUT2D eigenvalue weighted by atomic mass is 10.00. The van der Waals surface area contributed by atoms with Crippen molar-refractivity contribution in [2.45, 2.75) is 70.2 Å². The van der Waals surface area contributed by atoms with E-state index in [1.807, 2.05) is 20.8 Å². The predicted octanol–water partition coefficient (Wildman–Crippen LogP) is 1.47. The average Bonchev–Trinajstić information content (AvgIpc) is 2.48. The number of hydrogen-bond acceptors (Lipinski definition) is 4. The maximum absolute atomic E-state index is 11.8. The van der Waals surface area contributed by atoms with Crippen molar-refractivity contribution < 1.29 is 17.9 Å². The van der Waals surface area contributed by atoms with E-state index in [1.54, 1.807) is 4.31 Å². The molecule has 0 aromatic heterocycles. The van der Waals surface area contributed by atoms with Crippen molar-refractivity contribution >= 4 is 16.1 Å². The molecule has 0 saturated carbocycles. The number of nitrogens with zero attached hydrogens (tertiary/aromatic N) is 1. The van der Waals surface area contributed by atoms with E-state index in [2.05, 4.69) is 5.32 Å². The number of alkyl carbamates (subject to hydrolysis) is 1. The molecule has 0 spiro atoms. The van der Waals surface area contributed by atoms with Gasteiger partial charge in [-0.3, -0.25) is 0 Å². The zero-order valence-corrected chi connectivity index (χ0v) is 13.4. The van der Waals surface area contributed by atoms with Gasteiger partial charge in [-0.2, -0.15) is 4.31 Å². The lowest BCUT2D eigenvalue weighted by Gasteiger charge is -2.37. The Morgan fingerprint density at radius 1 is 1.20 bits per heavy atom. The minimum Gasteiger partial charge on any atom is -0.444 e. The first-order valence-electron chi connectivity index (χ1n) is 7.04. The van der Waals surface area contributed by atoms with Crippen LogP contribution >= 0.6 is 0 Å². The van der Waals surface area contributed by atoms with Crippen molar-refractivity contribution in [3.63, 3.8) is 0 Å². The van der Waals surface area contributed by atoms with Crippen molar-refractivity contribution in [1.29, 1.82) is 0 Å². The number of carbonyl (C=O) groups excluding carboxylic acids is 1. The molecule has 116 valence electrons. The largest absolute Gasteiger partial charge is 0.444 e. The summed E-state index contributed by atoms with van der Waals surface area (Å²) in [6.07, 6.45) is 3.94. The van der Waals surface area contributed by atoms with Gasteiger partial charge in [-0.15, -0.1) is 0 Å². The predicted molar refractivity (Wildman–Crippen MR) is 75.9 cm³/mol. The van der Waals surface area contributed by atoms with E-state index in [0.717, 1.165) is 12.8 Å². The number of piperidine rings is 1. The van der Waals surface area contributed by atoms with E-state index < -0.39 is 21.7 Å². The summed E-state index contributed by atoms with van der Waals surface area (Å²) in [5, 5.41) is 2.87. The Bertz CT molecular complexity index is 469. The zero-order chi connectivity index (χ0) is 15.1. The Balaban J connectivity index is 1.95. The Kier molecular flexibility index (Phi) is 4.03. The van der Waals surface area contributed by atoms with E-state index >= 15 is 0 Å². The van der Waals surface area contributed by atoms with Crippen LogP contribution in [0, 0.1) is 0 Å².